The molecular weight excluding hydrogens is 413 g/mol. The molecule has 0 amide bonds. The molecule has 2 aromatic heterocycles. The Morgan fingerprint density at radius 3 is 2.55 bits per heavy atom. The van der Waals surface area contributed by atoms with Gasteiger partial charge < -0.3 is 9.15 Å². The predicted octanol–water partition coefficient (Wildman–Crippen LogP) is 3.39. The fourth-order valence-corrected chi connectivity index (χ4v) is 3.98. The second kappa shape index (κ2) is 8.11. The van der Waals surface area contributed by atoms with Crippen LogP contribution in [0.4, 0.5) is 13.2 Å². The van der Waals surface area contributed by atoms with Crippen LogP contribution >= 0.6 is 0 Å². The number of hydrogen-bond donors (Lipinski definition) is 1. The van der Waals surface area contributed by atoms with Crippen molar-refractivity contribution >= 4 is 15.8 Å². The molecule has 154 valence electrons. The van der Waals surface area contributed by atoms with E-state index in [0.29, 0.717) is 0 Å². The number of hydrogen-bond acceptors (Lipinski definition) is 6. The van der Waals surface area contributed by atoms with Crippen LogP contribution in [0.1, 0.15) is 27.4 Å². The number of esters is 1. The van der Waals surface area contributed by atoms with Gasteiger partial charge in [0.15, 0.2) is 9.84 Å². The minimum absolute atomic E-state index is 0.0835. The van der Waals surface area contributed by atoms with E-state index >= 15 is 0 Å². The Hall–Kier alpha value is -3.08. The molecule has 3 aromatic rings. The zero-order chi connectivity index (χ0) is 21.1. The number of carbonyl (C=O) groups is 1. The van der Waals surface area contributed by atoms with Crippen LogP contribution in [0.5, 0.6) is 0 Å². The van der Waals surface area contributed by atoms with E-state index in [1.807, 2.05) is 5.10 Å². The molecule has 0 aliphatic carbocycles. The molecular formula is C18H15F3N2O5S. The normalized spacial score (nSPS) is 12.1. The second-order valence-electron chi connectivity index (χ2n) is 6.00. The first-order valence-electron chi connectivity index (χ1n) is 8.29. The van der Waals surface area contributed by atoms with E-state index < -0.39 is 33.4 Å². The highest BCUT2D eigenvalue weighted by atomic mass is 32.2. The van der Waals surface area contributed by atoms with Gasteiger partial charge in [-0.05, 0) is 18.2 Å². The Balaban J connectivity index is 1.65. The molecule has 0 saturated heterocycles. The van der Waals surface area contributed by atoms with Crippen LogP contribution in [0.15, 0.2) is 58.2 Å². The first-order valence-corrected chi connectivity index (χ1v) is 9.94. The van der Waals surface area contributed by atoms with Crippen molar-refractivity contribution in [1.82, 2.24) is 10.2 Å². The number of sulfone groups is 1. The average Bonchev–Trinajstić information content (AvgIpc) is 3.31. The zero-order valence-corrected chi connectivity index (χ0v) is 15.6. The van der Waals surface area contributed by atoms with Crippen molar-refractivity contribution in [2.75, 3.05) is 6.61 Å². The van der Waals surface area contributed by atoms with Crippen LogP contribution in [0.3, 0.4) is 0 Å². The fourth-order valence-electron chi connectivity index (χ4n) is 2.61. The molecule has 0 saturated carbocycles. The quantitative estimate of drug-likeness (QED) is 0.579. The zero-order valence-electron chi connectivity index (χ0n) is 14.8. The third-order valence-corrected chi connectivity index (χ3v) is 5.67. The molecule has 29 heavy (non-hydrogen) atoms. The molecule has 7 nitrogen and oxygen atoms in total. The molecule has 0 bridgehead atoms. The average molecular weight is 428 g/mol. The number of H-pyrrole nitrogens is 1. The summed E-state index contributed by atoms with van der Waals surface area (Å²) < 4.78 is 73.3. The van der Waals surface area contributed by atoms with Crippen molar-refractivity contribution in [3.8, 4) is 0 Å². The lowest BCUT2D eigenvalue weighted by molar-refractivity contribution is -0.141. The first-order chi connectivity index (χ1) is 13.7. The molecule has 1 N–H and O–H groups in total. The molecule has 0 radical (unpaired) electrons. The van der Waals surface area contributed by atoms with E-state index in [2.05, 4.69) is 5.10 Å². The maximum Gasteiger partial charge on any atom is 0.433 e. The van der Waals surface area contributed by atoms with Crippen molar-refractivity contribution in [3.63, 3.8) is 0 Å². The lowest BCUT2D eigenvalue weighted by Gasteiger charge is -2.08. The topological polar surface area (TPSA) is 102 Å². The van der Waals surface area contributed by atoms with Gasteiger partial charge in [0.2, 0.25) is 5.76 Å². The Kier molecular flexibility index (Phi) is 5.78. The monoisotopic (exact) mass is 428 g/mol. The summed E-state index contributed by atoms with van der Waals surface area (Å²) >= 11 is 0. The van der Waals surface area contributed by atoms with Gasteiger partial charge in [-0.3, -0.25) is 5.10 Å². The van der Waals surface area contributed by atoms with Crippen LogP contribution in [0.25, 0.3) is 0 Å². The van der Waals surface area contributed by atoms with Crippen molar-refractivity contribution in [1.29, 1.82) is 0 Å². The molecule has 0 unspecified atom stereocenters. The number of nitrogens with one attached hydrogen (secondary N) is 1. The molecule has 0 spiro atoms. The number of benzene rings is 1. The number of nitrogens with zero attached hydrogens (tertiary/aromatic N) is 1. The minimum atomic E-state index is -4.60. The van der Waals surface area contributed by atoms with Crippen LogP contribution in [0, 0.1) is 0 Å². The summed E-state index contributed by atoms with van der Waals surface area (Å²) in [7, 11) is -3.72. The highest BCUT2D eigenvalue weighted by Gasteiger charge is 2.35. The van der Waals surface area contributed by atoms with Gasteiger partial charge in [0.1, 0.15) is 5.69 Å². The molecule has 11 heteroatoms. The molecule has 1 aromatic carbocycles. The van der Waals surface area contributed by atoms with E-state index in [9.17, 15) is 26.4 Å². The second-order valence-corrected chi connectivity index (χ2v) is 7.99. The Morgan fingerprint density at radius 1 is 1.14 bits per heavy atom. The third-order valence-electron chi connectivity index (χ3n) is 3.99. The smallest absolute Gasteiger partial charge is 0.433 e. The van der Waals surface area contributed by atoms with Gasteiger partial charge in [-0.1, -0.05) is 18.2 Å². The van der Waals surface area contributed by atoms with E-state index in [1.54, 1.807) is 18.2 Å². The van der Waals surface area contributed by atoms with Crippen molar-refractivity contribution in [2.45, 2.75) is 23.2 Å². The lowest BCUT2D eigenvalue weighted by atomic mass is 10.2. The number of aromatic nitrogens is 2. The summed E-state index contributed by atoms with van der Waals surface area (Å²) in [6.45, 7) is -0.368. The number of ether oxygens (including phenoxy) is 1. The van der Waals surface area contributed by atoms with Gasteiger partial charge in [-0.2, -0.15) is 18.3 Å². The summed E-state index contributed by atoms with van der Waals surface area (Å²) in [5.41, 5.74) is -1.07. The number of halogens is 3. The summed E-state index contributed by atoms with van der Waals surface area (Å²) in [4.78, 5) is 12.3. The Morgan fingerprint density at radius 2 is 1.86 bits per heavy atom. The van der Waals surface area contributed by atoms with Gasteiger partial charge in [0, 0.05) is 17.5 Å². The van der Waals surface area contributed by atoms with Crippen LogP contribution in [0.2, 0.25) is 0 Å². The maximum absolute atomic E-state index is 12.8. The van der Waals surface area contributed by atoms with E-state index in [1.165, 1.54) is 18.2 Å². The summed E-state index contributed by atoms with van der Waals surface area (Å²) in [5, 5.41) is 5.21. The summed E-state index contributed by atoms with van der Waals surface area (Å²) in [5.74, 6) is -1.77. The van der Waals surface area contributed by atoms with E-state index in [-0.39, 0.29) is 34.8 Å². The van der Waals surface area contributed by atoms with Gasteiger partial charge in [-0.15, -0.1) is 0 Å². The molecule has 3 rings (SSSR count). The largest absolute Gasteiger partial charge is 0.459 e. The SMILES string of the molecule is O=C(OCCc1cn[nH]c1C(F)(F)F)c1occc1CS(=O)(=O)c1ccccc1. The van der Waals surface area contributed by atoms with Gasteiger partial charge in [0.25, 0.3) is 0 Å². The standard InChI is InChI=1S/C18H15F3N2O5S/c19-18(20,21)16-12(10-22-23-16)6-9-28-17(24)15-13(7-8-27-15)11-29(25,26)14-4-2-1-3-5-14/h1-5,7-8,10H,6,9,11H2,(H,22,23). The van der Waals surface area contributed by atoms with Crippen molar-refractivity contribution in [2.24, 2.45) is 0 Å². The Bertz CT molecular complexity index is 1090. The maximum atomic E-state index is 12.8. The van der Waals surface area contributed by atoms with Crippen molar-refractivity contribution < 1.29 is 35.5 Å². The fraction of sp³-hybridized carbons (Fsp3) is 0.222. The first kappa shape index (κ1) is 20.6. The number of aromatic amines is 1. The van der Waals surface area contributed by atoms with E-state index in [4.69, 9.17) is 9.15 Å². The highest BCUT2D eigenvalue weighted by Crippen LogP contribution is 2.30. The highest BCUT2D eigenvalue weighted by molar-refractivity contribution is 7.90. The molecule has 0 aliphatic heterocycles. The van der Waals surface area contributed by atoms with Crippen LogP contribution < -0.4 is 0 Å². The number of carbonyl (C=O) groups excluding carboxylic acids is 1. The third kappa shape index (κ3) is 4.86. The summed E-state index contributed by atoms with van der Waals surface area (Å²) in [6, 6.07) is 9.00. The lowest BCUT2D eigenvalue weighted by Crippen LogP contribution is -2.13. The van der Waals surface area contributed by atoms with E-state index in [0.717, 1.165) is 12.5 Å². The Labute approximate surface area is 163 Å². The van der Waals surface area contributed by atoms with Gasteiger partial charge in [0.05, 0.1) is 29.7 Å². The van der Waals surface area contributed by atoms with Crippen LogP contribution in [-0.2, 0) is 32.9 Å². The van der Waals surface area contributed by atoms with Gasteiger partial charge in [-0.25, -0.2) is 13.2 Å². The van der Waals surface area contributed by atoms with Crippen molar-refractivity contribution in [3.05, 3.63) is 71.4 Å². The molecule has 0 fully saturated rings. The number of furan rings is 1. The summed E-state index contributed by atoms with van der Waals surface area (Å²) in [6.07, 6.45) is -2.68. The molecule has 0 aliphatic rings. The number of rotatable bonds is 7. The number of alkyl halides is 3. The van der Waals surface area contributed by atoms with Gasteiger partial charge >= 0.3 is 12.1 Å². The van der Waals surface area contributed by atoms with Crippen LogP contribution in [-0.4, -0.2) is 31.2 Å². The molecule has 0 atom stereocenters. The predicted molar refractivity (Wildman–Crippen MR) is 93.6 cm³/mol. The molecule has 2 heterocycles. The minimum Gasteiger partial charge on any atom is -0.459 e.